The van der Waals surface area contributed by atoms with Crippen LogP contribution in [-0.2, 0) is 0 Å². The van der Waals surface area contributed by atoms with Gasteiger partial charge < -0.3 is 0 Å². The summed E-state index contributed by atoms with van der Waals surface area (Å²) in [5.41, 5.74) is 5.49. The van der Waals surface area contributed by atoms with Crippen molar-refractivity contribution in [3.63, 3.8) is 0 Å². The van der Waals surface area contributed by atoms with Crippen LogP contribution in [-0.4, -0.2) is 0 Å². The third kappa shape index (κ3) is 2.96. The summed E-state index contributed by atoms with van der Waals surface area (Å²) in [5, 5.41) is 16.3. The fourth-order valence-electron chi connectivity index (χ4n) is 7.03. The summed E-state index contributed by atoms with van der Waals surface area (Å²) < 4.78 is 0. The molecule has 0 spiro atoms. The first-order valence-electron chi connectivity index (χ1n) is 13.9. The summed E-state index contributed by atoms with van der Waals surface area (Å²) in [5.74, 6) is 0. The monoisotopic (exact) mass is 504 g/mol. The molecule has 0 saturated carbocycles. The van der Waals surface area contributed by atoms with Gasteiger partial charge in [0.1, 0.15) is 0 Å². The van der Waals surface area contributed by atoms with Crippen LogP contribution >= 0.6 is 0 Å². The predicted octanol–water partition coefficient (Wildman–Crippen LogP) is 11.4. The predicted molar refractivity (Wildman–Crippen MR) is 174 cm³/mol. The Bertz CT molecular complexity index is 2260. The molecule has 0 unspecified atom stereocenters. The van der Waals surface area contributed by atoms with Crippen LogP contribution in [0.25, 0.3) is 86.9 Å². The molecular weight excluding hydrogens is 480 g/mol. The zero-order valence-corrected chi connectivity index (χ0v) is 21.9. The van der Waals surface area contributed by atoms with Gasteiger partial charge in [-0.2, -0.15) is 0 Å². The summed E-state index contributed by atoms with van der Waals surface area (Å²) in [6.45, 7) is 0. The maximum Gasteiger partial charge on any atom is -0.00203 e. The molecular formula is C40H24. The van der Waals surface area contributed by atoms with Crippen LogP contribution in [0.5, 0.6) is 0 Å². The van der Waals surface area contributed by atoms with Gasteiger partial charge in [-0.3, -0.25) is 0 Å². The van der Waals surface area contributed by atoms with Crippen LogP contribution in [0.2, 0.25) is 0 Å². The molecule has 0 atom stereocenters. The zero-order chi connectivity index (χ0) is 26.2. The highest BCUT2D eigenvalue weighted by Gasteiger charge is 2.21. The molecule has 1 aliphatic rings. The van der Waals surface area contributed by atoms with Gasteiger partial charge in [0.25, 0.3) is 0 Å². The number of fused-ring (bicyclic) bond motifs is 7. The first-order valence-corrected chi connectivity index (χ1v) is 13.9. The molecule has 0 aliphatic heterocycles. The van der Waals surface area contributed by atoms with Crippen molar-refractivity contribution in [2.45, 2.75) is 0 Å². The van der Waals surface area contributed by atoms with Gasteiger partial charge in [-0.25, -0.2) is 0 Å². The molecule has 0 nitrogen and oxygen atoms in total. The second-order valence-electron chi connectivity index (χ2n) is 10.9. The number of hydrogen-bond donors (Lipinski definition) is 0. The molecule has 9 aromatic carbocycles. The SMILES string of the molecule is c1ccc2c(c1)c1cccc3ccc4cccc2c4c31.c1ccc2cc3c(cc2c1)-c1cccc2cccc-3c12. The molecule has 10 rings (SSSR count). The van der Waals surface area contributed by atoms with Gasteiger partial charge in [0, 0.05) is 0 Å². The Labute approximate surface area is 232 Å². The van der Waals surface area contributed by atoms with Crippen molar-refractivity contribution in [1.82, 2.24) is 0 Å². The molecule has 184 valence electrons. The van der Waals surface area contributed by atoms with Gasteiger partial charge in [-0.15, -0.1) is 0 Å². The Kier molecular flexibility index (Phi) is 4.42. The fourth-order valence-corrected chi connectivity index (χ4v) is 7.03. The quantitative estimate of drug-likeness (QED) is 0.142. The van der Waals surface area contributed by atoms with Crippen LogP contribution < -0.4 is 0 Å². The van der Waals surface area contributed by atoms with Gasteiger partial charge >= 0.3 is 0 Å². The molecule has 0 fully saturated rings. The van der Waals surface area contributed by atoms with Crippen LogP contribution in [0.1, 0.15) is 0 Å². The van der Waals surface area contributed by atoms with Gasteiger partial charge in [-0.05, 0) is 99.0 Å². The average Bonchev–Trinajstić information content (AvgIpc) is 3.34. The average molecular weight is 505 g/mol. The van der Waals surface area contributed by atoms with Crippen LogP contribution in [0, 0.1) is 0 Å². The van der Waals surface area contributed by atoms with Crippen molar-refractivity contribution in [2.24, 2.45) is 0 Å². The smallest absolute Gasteiger partial charge is 0.00203 e. The third-order valence-electron chi connectivity index (χ3n) is 8.76. The van der Waals surface area contributed by atoms with Crippen molar-refractivity contribution in [2.75, 3.05) is 0 Å². The minimum atomic E-state index is 1.32. The van der Waals surface area contributed by atoms with E-state index in [-0.39, 0.29) is 0 Å². The Morgan fingerprint density at radius 3 is 1.10 bits per heavy atom. The summed E-state index contributed by atoms with van der Waals surface area (Å²) in [6.07, 6.45) is 0. The molecule has 0 saturated heterocycles. The highest BCUT2D eigenvalue weighted by molar-refractivity contribution is 6.33. The van der Waals surface area contributed by atoms with Crippen molar-refractivity contribution in [3.05, 3.63) is 146 Å². The summed E-state index contributed by atoms with van der Waals surface area (Å²) in [7, 11) is 0. The van der Waals surface area contributed by atoms with Gasteiger partial charge in [-0.1, -0.05) is 133 Å². The van der Waals surface area contributed by atoms with Crippen LogP contribution in [0.3, 0.4) is 0 Å². The maximum atomic E-state index is 2.33. The van der Waals surface area contributed by atoms with Gasteiger partial charge in [0.05, 0.1) is 0 Å². The lowest BCUT2D eigenvalue weighted by Gasteiger charge is -2.14. The molecule has 0 bridgehead atoms. The molecule has 0 amide bonds. The molecule has 0 aromatic heterocycles. The lowest BCUT2D eigenvalue weighted by atomic mass is 9.89. The van der Waals surface area contributed by atoms with Crippen LogP contribution in [0.15, 0.2) is 146 Å². The zero-order valence-electron chi connectivity index (χ0n) is 21.9. The molecule has 40 heavy (non-hydrogen) atoms. The third-order valence-corrected chi connectivity index (χ3v) is 8.76. The van der Waals surface area contributed by atoms with Crippen molar-refractivity contribution in [3.8, 4) is 22.3 Å². The lowest BCUT2D eigenvalue weighted by Crippen LogP contribution is -1.86. The molecule has 0 heteroatoms. The summed E-state index contributed by atoms with van der Waals surface area (Å²) in [6, 6.07) is 52.9. The van der Waals surface area contributed by atoms with Crippen LogP contribution in [0.4, 0.5) is 0 Å². The van der Waals surface area contributed by atoms with E-state index in [0.717, 1.165) is 0 Å². The fraction of sp³-hybridized carbons (Fsp3) is 0. The van der Waals surface area contributed by atoms with E-state index in [4.69, 9.17) is 0 Å². The topological polar surface area (TPSA) is 0 Å². The van der Waals surface area contributed by atoms with Gasteiger partial charge in [0.15, 0.2) is 0 Å². The van der Waals surface area contributed by atoms with E-state index in [1.807, 2.05) is 0 Å². The standard InChI is InChI=1S/2C20H12/c1-2-8-16-15(7-1)17-9-3-5-13-11-12-14-6-4-10-18(16)20(14)19(13)17;1-2-6-15-12-19-17-10-4-8-13-7-3-9-16(20(13)17)18(19)11-14(15)5-1/h2*1-12H. The van der Waals surface area contributed by atoms with Crippen molar-refractivity contribution in [1.29, 1.82) is 0 Å². The van der Waals surface area contributed by atoms with E-state index in [1.54, 1.807) is 0 Å². The Morgan fingerprint density at radius 1 is 0.225 bits per heavy atom. The number of hydrogen-bond acceptors (Lipinski definition) is 0. The largest absolute Gasteiger partial charge is 0.0616 e. The molecule has 9 aromatic rings. The van der Waals surface area contributed by atoms with E-state index < -0.39 is 0 Å². The van der Waals surface area contributed by atoms with E-state index in [0.29, 0.717) is 0 Å². The molecule has 0 heterocycles. The van der Waals surface area contributed by atoms with Crippen molar-refractivity contribution >= 4 is 64.6 Å². The number of benzene rings is 9. The highest BCUT2D eigenvalue weighted by Crippen LogP contribution is 2.48. The van der Waals surface area contributed by atoms with Gasteiger partial charge in [0.2, 0.25) is 0 Å². The Hall–Kier alpha value is -5.20. The minimum absolute atomic E-state index is 1.32. The first-order chi connectivity index (χ1) is 19.8. The van der Waals surface area contributed by atoms with Crippen molar-refractivity contribution < 1.29 is 0 Å². The number of rotatable bonds is 0. The Balaban J connectivity index is 0.000000115. The lowest BCUT2D eigenvalue weighted by molar-refractivity contribution is 1.73. The second-order valence-corrected chi connectivity index (χ2v) is 10.9. The molecule has 1 aliphatic carbocycles. The highest BCUT2D eigenvalue weighted by atomic mass is 14.2. The molecule has 0 radical (unpaired) electrons. The van der Waals surface area contributed by atoms with E-state index in [1.165, 1.54) is 86.9 Å². The molecule has 0 N–H and O–H groups in total. The second kappa shape index (κ2) is 8.15. The van der Waals surface area contributed by atoms with E-state index >= 15 is 0 Å². The summed E-state index contributed by atoms with van der Waals surface area (Å²) >= 11 is 0. The minimum Gasteiger partial charge on any atom is -0.0616 e. The Morgan fingerprint density at radius 2 is 0.600 bits per heavy atom. The normalized spacial score (nSPS) is 12.0. The maximum absolute atomic E-state index is 2.33. The van der Waals surface area contributed by atoms with E-state index in [9.17, 15) is 0 Å². The summed E-state index contributed by atoms with van der Waals surface area (Å²) in [4.78, 5) is 0. The first kappa shape index (κ1) is 21.7. The van der Waals surface area contributed by atoms with E-state index in [2.05, 4.69) is 146 Å².